The van der Waals surface area contributed by atoms with Crippen molar-refractivity contribution in [3.8, 4) is 0 Å². The number of rotatable bonds is 15. The quantitative estimate of drug-likeness (QED) is 0.157. The molecule has 0 saturated carbocycles. The number of hydrogen-bond acceptors (Lipinski definition) is 12. The van der Waals surface area contributed by atoms with E-state index in [0.29, 0.717) is 16.8 Å². The molecule has 2 aromatic heterocycles. The van der Waals surface area contributed by atoms with Gasteiger partial charge in [-0.1, -0.05) is 24.3 Å². The molecule has 3 rings (SSSR count). The molecule has 0 saturated heterocycles. The third kappa shape index (κ3) is 8.71. The van der Waals surface area contributed by atoms with Crippen LogP contribution in [0, 0.1) is 4.91 Å². The molecule has 0 aliphatic carbocycles. The molecule has 2 heterocycles. The molecular formula is C25H33N6O8P. The fourth-order valence-corrected chi connectivity index (χ4v) is 5.33. The van der Waals surface area contributed by atoms with Crippen LogP contribution in [0.15, 0.2) is 42.1 Å². The molecule has 14 nitrogen and oxygen atoms in total. The third-order valence-corrected chi connectivity index (χ3v) is 7.34. The standard InChI is InChI=1S/C25H33N6O8P/c1-16(2)39-25(33)18(4)30-40(35,38-12-21-9-7-6-8-20(21)11-36-19(5)32)15-37-17(3)10-31-14-28-22-23(29-34)26-13-27-24(22)31/h6-9,13-14,16-18H,10-12,15H2,1-5H3,(H,30,35)/t17-,18-,40+/m1/s1. The van der Waals surface area contributed by atoms with Gasteiger partial charge in [0.1, 0.15) is 25.3 Å². The molecule has 0 amide bonds. The maximum Gasteiger partial charge on any atom is 0.323 e. The van der Waals surface area contributed by atoms with Gasteiger partial charge in [-0.05, 0) is 44.0 Å². The number of imidazole rings is 1. The lowest BCUT2D eigenvalue weighted by atomic mass is 10.1. The average Bonchev–Trinajstić information content (AvgIpc) is 3.32. The minimum Gasteiger partial charge on any atom is -0.462 e. The molecule has 0 bridgehead atoms. The Hall–Kier alpha value is -3.58. The van der Waals surface area contributed by atoms with E-state index in [2.05, 4.69) is 25.2 Å². The zero-order valence-corrected chi connectivity index (χ0v) is 23.9. The second-order valence-corrected chi connectivity index (χ2v) is 11.4. The SMILES string of the molecule is CC(=O)OCc1ccccc1CO[P@@](=O)(CO[C@H](C)Cn1cnc2c(N=O)ncnc21)N[C@H](C)C(=O)OC(C)C. The normalized spacial score (nSPS) is 14.4. The molecule has 1 N–H and O–H groups in total. The molecule has 15 heteroatoms. The predicted octanol–water partition coefficient (Wildman–Crippen LogP) is 3.99. The fourth-order valence-electron chi connectivity index (χ4n) is 3.61. The summed E-state index contributed by atoms with van der Waals surface area (Å²) in [7, 11) is -3.79. The number of aromatic nitrogens is 4. The summed E-state index contributed by atoms with van der Waals surface area (Å²) in [6, 6.07) is 6.14. The number of nitrogens with one attached hydrogen (secondary N) is 1. The number of fused-ring (bicyclic) bond motifs is 1. The van der Waals surface area contributed by atoms with Gasteiger partial charge in [-0.25, -0.2) is 20.0 Å². The number of hydrogen-bond donors (Lipinski definition) is 1. The van der Waals surface area contributed by atoms with Crippen molar-refractivity contribution in [1.82, 2.24) is 24.6 Å². The number of nitroso groups, excluding NO2 is 1. The van der Waals surface area contributed by atoms with Crippen LogP contribution in [0.3, 0.4) is 0 Å². The van der Waals surface area contributed by atoms with Gasteiger partial charge in [0.05, 0.1) is 31.7 Å². The fraction of sp³-hybridized carbons (Fsp3) is 0.480. The summed E-state index contributed by atoms with van der Waals surface area (Å²) < 4.78 is 37.7. The van der Waals surface area contributed by atoms with E-state index in [-0.39, 0.29) is 43.5 Å². The van der Waals surface area contributed by atoms with Crippen molar-refractivity contribution in [2.24, 2.45) is 5.18 Å². The summed E-state index contributed by atoms with van der Waals surface area (Å²) in [5.41, 5.74) is 1.99. The number of carbonyl (C=O) groups is 2. The van der Waals surface area contributed by atoms with Crippen LogP contribution in [-0.2, 0) is 52.6 Å². The number of benzene rings is 1. The summed E-state index contributed by atoms with van der Waals surface area (Å²) in [5, 5.41) is 5.62. The zero-order valence-electron chi connectivity index (χ0n) is 23.0. The highest BCUT2D eigenvalue weighted by Gasteiger charge is 2.31. The minimum absolute atomic E-state index is 0.0288. The maximum atomic E-state index is 13.9. The first-order valence-corrected chi connectivity index (χ1v) is 14.3. The Morgan fingerprint density at radius 2 is 1.77 bits per heavy atom. The van der Waals surface area contributed by atoms with Gasteiger partial charge >= 0.3 is 11.9 Å². The predicted molar refractivity (Wildman–Crippen MR) is 144 cm³/mol. The molecule has 3 aromatic rings. The highest BCUT2D eigenvalue weighted by Crippen LogP contribution is 2.44. The first-order chi connectivity index (χ1) is 19.0. The van der Waals surface area contributed by atoms with E-state index in [0.717, 1.165) is 0 Å². The average molecular weight is 577 g/mol. The summed E-state index contributed by atoms with van der Waals surface area (Å²) in [6.45, 7) is 8.19. The van der Waals surface area contributed by atoms with E-state index >= 15 is 0 Å². The van der Waals surface area contributed by atoms with Crippen molar-refractivity contribution in [3.63, 3.8) is 0 Å². The Balaban J connectivity index is 1.73. The Kier molecular flexibility index (Phi) is 11.0. The third-order valence-electron chi connectivity index (χ3n) is 5.52. The monoisotopic (exact) mass is 576 g/mol. The molecular weight excluding hydrogens is 543 g/mol. The zero-order chi connectivity index (χ0) is 29.3. The highest BCUT2D eigenvalue weighted by molar-refractivity contribution is 7.56. The topological polar surface area (TPSA) is 173 Å². The van der Waals surface area contributed by atoms with Gasteiger partial charge in [0.15, 0.2) is 11.2 Å². The molecule has 0 aliphatic rings. The van der Waals surface area contributed by atoms with Gasteiger partial charge in [0, 0.05) is 6.92 Å². The first-order valence-electron chi connectivity index (χ1n) is 12.5. The summed E-state index contributed by atoms with van der Waals surface area (Å²) in [4.78, 5) is 46.8. The van der Waals surface area contributed by atoms with Crippen LogP contribution in [-0.4, -0.2) is 56.1 Å². The van der Waals surface area contributed by atoms with Crippen molar-refractivity contribution in [2.75, 3.05) is 6.35 Å². The molecule has 216 valence electrons. The molecule has 40 heavy (non-hydrogen) atoms. The second kappa shape index (κ2) is 14.2. The number of carbonyl (C=O) groups excluding carboxylic acids is 2. The van der Waals surface area contributed by atoms with Gasteiger partial charge in [-0.15, -0.1) is 4.91 Å². The van der Waals surface area contributed by atoms with E-state index in [1.165, 1.54) is 26.5 Å². The van der Waals surface area contributed by atoms with Crippen LogP contribution in [0.1, 0.15) is 45.7 Å². The second-order valence-electron chi connectivity index (χ2n) is 9.30. The van der Waals surface area contributed by atoms with Crippen LogP contribution >= 0.6 is 7.52 Å². The molecule has 0 fully saturated rings. The maximum absolute atomic E-state index is 13.9. The van der Waals surface area contributed by atoms with Gasteiger partial charge in [-0.3, -0.25) is 14.2 Å². The summed E-state index contributed by atoms with van der Waals surface area (Å²) >= 11 is 0. The van der Waals surface area contributed by atoms with E-state index < -0.39 is 31.6 Å². The van der Waals surface area contributed by atoms with Crippen molar-refractivity contribution < 1.29 is 32.9 Å². The first kappa shape index (κ1) is 31.0. The van der Waals surface area contributed by atoms with Gasteiger partial charge in [-0.2, -0.15) is 0 Å². The molecule has 0 radical (unpaired) electrons. The Morgan fingerprint density at radius 1 is 1.07 bits per heavy atom. The highest BCUT2D eigenvalue weighted by atomic mass is 31.2. The summed E-state index contributed by atoms with van der Waals surface area (Å²) in [6.07, 6.45) is 1.46. The Morgan fingerprint density at radius 3 is 2.42 bits per heavy atom. The van der Waals surface area contributed by atoms with E-state index in [1.807, 2.05) is 0 Å². The van der Waals surface area contributed by atoms with Crippen molar-refractivity contribution in [1.29, 1.82) is 0 Å². The lowest BCUT2D eigenvalue weighted by molar-refractivity contribution is -0.149. The molecule has 3 atom stereocenters. The molecule has 0 unspecified atom stereocenters. The molecule has 0 aliphatic heterocycles. The Labute approximate surface area is 231 Å². The molecule has 0 spiro atoms. The van der Waals surface area contributed by atoms with Crippen LogP contribution < -0.4 is 5.09 Å². The van der Waals surface area contributed by atoms with E-state index in [9.17, 15) is 19.1 Å². The van der Waals surface area contributed by atoms with Gasteiger partial charge in [0.2, 0.25) is 5.82 Å². The number of ether oxygens (including phenoxy) is 3. The van der Waals surface area contributed by atoms with Crippen LogP contribution in [0.5, 0.6) is 0 Å². The van der Waals surface area contributed by atoms with Crippen LogP contribution in [0.4, 0.5) is 5.82 Å². The van der Waals surface area contributed by atoms with E-state index in [4.69, 9.17) is 18.7 Å². The summed E-state index contributed by atoms with van der Waals surface area (Å²) in [5.74, 6) is -1.10. The van der Waals surface area contributed by atoms with E-state index in [1.54, 1.807) is 49.6 Å². The van der Waals surface area contributed by atoms with Gasteiger partial charge < -0.3 is 23.3 Å². The molecule has 1 aromatic carbocycles. The lowest BCUT2D eigenvalue weighted by Gasteiger charge is -2.25. The van der Waals surface area contributed by atoms with Gasteiger partial charge in [0.25, 0.3) is 7.52 Å². The smallest absolute Gasteiger partial charge is 0.323 e. The number of nitrogens with zero attached hydrogens (tertiary/aromatic N) is 5. The lowest BCUT2D eigenvalue weighted by Crippen LogP contribution is -2.36. The number of esters is 2. The Bertz CT molecular complexity index is 1380. The van der Waals surface area contributed by atoms with Crippen LogP contribution in [0.2, 0.25) is 0 Å². The van der Waals surface area contributed by atoms with Crippen molar-refractivity contribution >= 4 is 36.4 Å². The van der Waals surface area contributed by atoms with Crippen molar-refractivity contribution in [2.45, 2.75) is 72.6 Å². The minimum atomic E-state index is -3.79. The van der Waals surface area contributed by atoms with Crippen LogP contribution in [0.25, 0.3) is 11.2 Å². The van der Waals surface area contributed by atoms with Crippen molar-refractivity contribution in [3.05, 3.63) is 53.0 Å². The largest absolute Gasteiger partial charge is 0.462 e.